The van der Waals surface area contributed by atoms with Crippen molar-refractivity contribution in [3.05, 3.63) is 71.5 Å². The number of halogens is 1. The minimum absolute atomic E-state index is 0.0490. The molecule has 7 heteroatoms. The van der Waals surface area contributed by atoms with E-state index in [2.05, 4.69) is 5.32 Å². The zero-order valence-corrected chi connectivity index (χ0v) is 15.3. The van der Waals surface area contributed by atoms with Crippen molar-refractivity contribution in [1.82, 2.24) is 10.2 Å². The van der Waals surface area contributed by atoms with Gasteiger partial charge in [-0.2, -0.15) is 0 Å². The van der Waals surface area contributed by atoms with Gasteiger partial charge in [-0.1, -0.05) is 42.5 Å². The average molecular weight is 386 g/mol. The molecule has 3 N–H and O–H groups in total. The maximum absolute atomic E-state index is 12.9. The topological polar surface area (TPSA) is 89.9 Å². The van der Waals surface area contributed by atoms with Crippen molar-refractivity contribution in [2.24, 2.45) is 0 Å². The van der Waals surface area contributed by atoms with Crippen LogP contribution in [0.25, 0.3) is 0 Å². The Morgan fingerprint density at radius 3 is 2.43 bits per heavy atom. The molecule has 2 amide bonds. The molecule has 1 heterocycles. The van der Waals surface area contributed by atoms with E-state index in [4.69, 9.17) is 0 Å². The van der Waals surface area contributed by atoms with Gasteiger partial charge in [-0.3, -0.25) is 9.59 Å². The Labute approximate surface area is 162 Å². The van der Waals surface area contributed by atoms with Crippen LogP contribution in [0, 0.1) is 5.82 Å². The van der Waals surface area contributed by atoms with Gasteiger partial charge in [0, 0.05) is 13.1 Å². The van der Waals surface area contributed by atoms with Crippen molar-refractivity contribution >= 4 is 11.8 Å². The molecule has 0 bridgehead atoms. The van der Waals surface area contributed by atoms with Crippen molar-refractivity contribution in [1.29, 1.82) is 0 Å². The van der Waals surface area contributed by atoms with Gasteiger partial charge in [-0.25, -0.2) is 4.39 Å². The normalized spacial score (nSPS) is 18.5. The summed E-state index contributed by atoms with van der Waals surface area (Å²) in [5.74, 6) is -1.92. The molecule has 2 aromatic rings. The van der Waals surface area contributed by atoms with E-state index in [9.17, 15) is 24.2 Å². The minimum Gasteiger partial charge on any atom is -0.380 e. The molecule has 28 heavy (non-hydrogen) atoms. The fraction of sp³-hybridized carbons (Fsp3) is 0.333. The first kappa shape index (κ1) is 20.0. The monoisotopic (exact) mass is 386 g/mol. The summed E-state index contributed by atoms with van der Waals surface area (Å²) in [6.45, 7) is 0.507. The molecule has 1 fully saturated rings. The molecule has 0 aromatic heterocycles. The summed E-state index contributed by atoms with van der Waals surface area (Å²) in [7, 11) is 0. The fourth-order valence-corrected chi connectivity index (χ4v) is 3.40. The summed E-state index contributed by atoms with van der Waals surface area (Å²) >= 11 is 0. The van der Waals surface area contributed by atoms with Gasteiger partial charge in [0.25, 0.3) is 11.8 Å². The molecule has 2 aromatic carbocycles. The van der Waals surface area contributed by atoms with Crippen molar-refractivity contribution in [2.75, 3.05) is 6.54 Å². The van der Waals surface area contributed by atoms with Gasteiger partial charge in [-0.05, 0) is 36.1 Å². The van der Waals surface area contributed by atoms with Crippen LogP contribution in [0.15, 0.2) is 54.6 Å². The molecule has 3 rings (SSSR count). The maximum atomic E-state index is 12.9. The molecule has 0 radical (unpaired) electrons. The third-order valence-electron chi connectivity index (χ3n) is 4.92. The Morgan fingerprint density at radius 2 is 1.75 bits per heavy atom. The van der Waals surface area contributed by atoms with E-state index in [0.29, 0.717) is 12.1 Å². The summed E-state index contributed by atoms with van der Waals surface area (Å²) in [5.41, 5.74) is 1.59. The second-order valence-corrected chi connectivity index (χ2v) is 6.83. The number of aliphatic hydroxyl groups is 2. The highest BCUT2D eigenvalue weighted by atomic mass is 19.1. The van der Waals surface area contributed by atoms with Gasteiger partial charge >= 0.3 is 0 Å². The van der Waals surface area contributed by atoms with E-state index in [1.807, 2.05) is 30.3 Å². The second kappa shape index (κ2) is 8.95. The van der Waals surface area contributed by atoms with E-state index < -0.39 is 29.8 Å². The number of aliphatic hydroxyl groups excluding tert-OH is 2. The third kappa shape index (κ3) is 4.55. The molecule has 1 aliphatic rings. The lowest BCUT2D eigenvalue weighted by atomic mass is 10.0. The van der Waals surface area contributed by atoms with E-state index >= 15 is 0 Å². The van der Waals surface area contributed by atoms with Gasteiger partial charge in [-0.15, -0.1) is 0 Å². The lowest BCUT2D eigenvalue weighted by Crippen LogP contribution is -2.50. The van der Waals surface area contributed by atoms with Crippen molar-refractivity contribution in [2.45, 2.75) is 37.6 Å². The summed E-state index contributed by atoms with van der Waals surface area (Å²) in [4.78, 5) is 26.3. The number of likely N-dealkylation sites (tertiary alicyclic amines) is 1. The van der Waals surface area contributed by atoms with E-state index in [1.54, 1.807) is 0 Å². The van der Waals surface area contributed by atoms with Crippen LogP contribution in [0.5, 0.6) is 0 Å². The van der Waals surface area contributed by atoms with Gasteiger partial charge in [0.05, 0.1) is 6.04 Å². The number of carbonyl (C=O) groups is 2. The largest absolute Gasteiger partial charge is 0.380 e. The lowest BCUT2D eigenvalue weighted by Gasteiger charge is -2.28. The van der Waals surface area contributed by atoms with Crippen LogP contribution >= 0.6 is 0 Å². The molecular formula is C21H23FN2O4. The van der Waals surface area contributed by atoms with E-state index in [1.165, 1.54) is 29.2 Å². The molecule has 1 aliphatic heterocycles. The van der Waals surface area contributed by atoms with Gasteiger partial charge in [0.2, 0.25) is 0 Å². The molecule has 1 saturated heterocycles. The van der Waals surface area contributed by atoms with Crippen LogP contribution in [-0.4, -0.2) is 45.7 Å². The highest BCUT2D eigenvalue weighted by molar-refractivity contribution is 5.91. The van der Waals surface area contributed by atoms with Crippen molar-refractivity contribution in [3.8, 4) is 0 Å². The van der Waals surface area contributed by atoms with Crippen LogP contribution in [0.3, 0.4) is 0 Å². The van der Waals surface area contributed by atoms with E-state index in [0.717, 1.165) is 18.4 Å². The number of hydrogen-bond acceptors (Lipinski definition) is 4. The highest BCUT2D eigenvalue weighted by Crippen LogP contribution is 2.32. The molecule has 0 spiro atoms. The Morgan fingerprint density at radius 1 is 1.07 bits per heavy atom. The summed E-state index contributed by atoms with van der Waals surface area (Å²) in [6, 6.07) is 14.8. The smallest absolute Gasteiger partial charge is 0.255 e. The quantitative estimate of drug-likeness (QED) is 0.702. The number of nitrogens with zero attached hydrogens (tertiary/aromatic N) is 1. The molecule has 148 valence electrons. The number of nitrogens with one attached hydrogen (secondary N) is 1. The van der Waals surface area contributed by atoms with E-state index in [-0.39, 0.29) is 12.6 Å². The SMILES string of the molecule is O=C(NCc1ccc(F)cc1)[C@H](O)[C@@H](O)C(=O)N1CCCC1c1ccccc1. The fourth-order valence-electron chi connectivity index (χ4n) is 3.40. The molecule has 1 unspecified atom stereocenters. The second-order valence-electron chi connectivity index (χ2n) is 6.83. The lowest BCUT2D eigenvalue weighted by molar-refractivity contribution is -0.153. The van der Waals surface area contributed by atoms with Crippen molar-refractivity contribution in [3.63, 3.8) is 0 Å². The zero-order valence-electron chi connectivity index (χ0n) is 15.3. The molecule has 0 aliphatic carbocycles. The van der Waals surface area contributed by atoms with Gasteiger partial charge < -0.3 is 20.4 Å². The van der Waals surface area contributed by atoms with Gasteiger partial charge in [0.1, 0.15) is 5.82 Å². The summed E-state index contributed by atoms with van der Waals surface area (Å²) < 4.78 is 12.9. The minimum atomic E-state index is -1.88. The first-order chi connectivity index (χ1) is 13.5. The van der Waals surface area contributed by atoms with Crippen LogP contribution < -0.4 is 5.32 Å². The first-order valence-electron chi connectivity index (χ1n) is 9.21. The van der Waals surface area contributed by atoms with Crippen LogP contribution in [0.4, 0.5) is 4.39 Å². The highest BCUT2D eigenvalue weighted by Gasteiger charge is 2.38. The van der Waals surface area contributed by atoms with Crippen LogP contribution in [0.1, 0.15) is 30.0 Å². The van der Waals surface area contributed by atoms with Crippen molar-refractivity contribution < 1.29 is 24.2 Å². The number of hydrogen-bond donors (Lipinski definition) is 3. The maximum Gasteiger partial charge on any atom is 0.255 e. The number of carbonyl (C=O) groups excluding carboxylic acids is 2. The Bertz CT molecular complexity index is 813. The molecule has 3 atom stereocenters. The first-order valence-corrected chi connectivity index (χ1v) is 9.21. The predicted molar refractivity (Wildman–Crippen MR) is 100 cm³/mol. The Hall–Kier alpha value is -2.77. The third-order valence-corrected chi connectivity index (χ3v) is 4.92. The number of amides is 2. The summed E-state index contributed by atoms with van der Waals surface area (Å²) in [5, 5.41) is 22.8. The number of benzene rings is 2. The molecule has 0 saturated carbocycles. The summed E-state index contributed by atoms with van der Waals surface area (Å²) in [6.07, 6.45) is -2.19. The Kier molecular flexibility index (Phi) is 6.38. The predicted octanol–water partition coefficient (Wildman–Crippen LogP) is 1.53. The number of rotatable bonds is 6. The Balaban J connectivity index is 1.60. The standard InChI is InChI=1S/C21H23FN2O4/c22-16-10-8-14(9-11-16)13-23-20(27)18(25)19(26)21(28)24-12-4-7-17(24)15-5-2-1-3-6-15/h1-3,5-6,8-11,17-19,25-26H,4,7,12-13H2,(H,23,27)/t17?,18-,19-/m1/s1. The van der Waals surface area contributed by atoms with Crippen LogP contribution in [0.2, 0.25) is 0 Å². The molecule has 6 nitrogen and oxygen atoms in total. The zero-order chi connectivity index (χ0) is 20.1. The average Bonchev–Trinajstić information content (AvgIpc) is 3.22. The molecular weight excluding hydrogens is 363 g/mol. The van der Waals surface area contributed by atoms with Crippen LogP contribution in [-0.2, 0) is 16.1 Å². The van der Waals surface area contributed by atoms with Gasteiger partial charge in [0.15, 0.2) is 12.2 Å².